The third-order valence-electron chi connectivity index (χ3n) is 4.33. The first-order chi connectivity index (χ1) is 14.4. The molecule has 0 bridgehead atoms. The number of carbonyl (C=O) groups is 2. The van der Waals surface area contributed by atoms with Gasteiger partial charge in [-0.05, 0) is 36.4 Å². The summed E-state index contributed by atoms with van der Waals surface area (Å²) in [6.45, 7) is 3.61. The van der Waals surface area contributed by atoms with Gasteiger partial charge in [-0.3, -0.25) is 9.59 Å². The van der Waals surface area contributed by atoms with Gasteiger partial charge in [0, 0.05) is 23.4 Å². The van der Waals surface area contributed by atoms with E-state index in [0.717, 1.165) is 0 Å². The van der Waals surface area contributed by atoms with E-state index in [1.54, 1.807) is 70.5 Å². The Morgan fingerprint density at radius 3 is 2.37 bits per heavy atom. The zero-order valence-corrected chi connectivity index (χ0v) is 17.2. The van der Waals surface area contributed by atoms with Crippen molar-refractivity contribution < 1.29 is 23.6 Å². The van der Waals surface area contributed by atoms with Crippen LogP contribution in [0.25, 0.3) is 11.3 Å². The number of nitrogens with zero attached hydrogens (tertiary/aromatic N) is 1. The highest BCUT2D eigenvalue weighted by atomic mass is 16.5. The largest absolute Gasteiger partial charge is 0.497 e. The van der Waals surface area contributed by atoms with Crippen LogP contribution in [0.1, 0.15) is 24.3 Å². The topological polar surface area (TPSA) is 103 Å². The Labute approximate surface area is 174 Å². The van der Waals surface area contributed by atoms with Crippen LogP contribution < -0.4 is 20.1 Å². The van der Waals surface area contributed by atoms with Gasteiger partial charge in [0.15, 0.2) is 11.5 Å². The third-order valence-corrected chi connectivity index (χ3v) is 4.33. The van der Waals surface area contributed by atoms with Crippen LogP contribution in [0.3, 0.4) is 0 Å². The first-order valence-electron chi connectivity index (χ1n) is 9.32. The van der Waals surface area contributed by atoms with Crippen LogP contribution in [0.5, 0.6) is 11.5 Å². The van der Waals surface area contributed by atoms with Crippen molar-refractivity contribution in [2.75, 3.05) is 24.9 Å². The summed E-state index contributed by atoms with van der Waals surface area (Å²) in [5, 5.41) is 9.40. The van der Waals surface area contributed by atoms with Gasteiger partial charge in [0.25, 0.3) is 5.91 Å². The van der Waals surface area contributed by atoms with Gasteiger partial charge >= 0.3 is 0 Å². The number of hydrogen-bond donors (Lipinski definition) is 2. The van der Waals surface area contributed by atoms with Gasteiger partial charge < -0.3 is 24.6 Å². The minimum Gasteiger partial charge on any atom is -0.497 e. The second-order valence-electron chi connectivity index (χ2n) is 6.82. The molecule has 8 nitrogen and oxygen atoms in total. The van der Waals surface area contributed by atoms with E-state index in [1.165, 1.54) is 6.07 Å². The molecule has 0 radical (unpaired) electrons. The van der Waals surface area contributed by atoms with Crippen molar-refractivity contribution in [1.29, 1.82) is 0 Å². The summed E-state index contributed by atoms with van der Waals surface area (Å²) >= 11 is 0. The predicted octanol–water partition coefficient (Wildman–Crippen LogP) is 4.21. The fourth-order valence-corrected chi connectivity index (χ4v) is 2.67. The average molecular weight is 409 g/mol. The quantitative estimate of drug-likeness (QED) is 0.606. The van der Waals surface area contributed by atoms with E-state index in [0.29, 0.717) is 34.2 Å². The maximum atomic E-state index is 12.6. The van der Waals surface area contributed by atoms with E-state index >= 15 is 0 Å². The van der Waals surface area contributed by atoms with E-state index in [2.05, 4.69) is 15.8 Å². The van der Waals surface area contributed by atoms with Crippen LogP contribution in [0.15, 0.2) is 53.1 Å². The first kappa shape index (κ1) is 20.9. The van der Waals surface area contributed by atoms with Gasteiger partial charge in [-0.2, -0.15) is 0 Å². The molecule has 2 N–H and O–H groups in total. The molecule has 2 aromatic carbocycles. The number of benzene rings is 2. The molecule has 8 heteroatoms. The van der Waals surface area contributed by atoms with Crippen LogP contribution in [-0.2, 0) is 4.79 Å². The molecule has 1 heterocycles. The summed E-state index contributed by atoms with van der Waals surface area (Å²) in [6, 6.07) is 13.6. The lowest BCUT2D eigenvalue weighted by Crippen LogP contribution is -2.18. The minimum atomic E-state index is -0.445. The fraction of sp³-hybridized carbons (Fsp3) is 0.227. The molecule has 0 atom stereocenters. The van der Waals surface area contributed by atoms with Crippen molar-refractivity contribution in [3.05, 3.63) is 54.2 Å². The monoisotopic (exact) mass is 409 g/mol. The first-order valence-corrected chi connectivity index (χ1v) is 9.32. The van der Waals surface area contributed by atoms with Crippen molar-refractivity contribution in [3.63, 3.8) is 0 Å². The molecule has 0 aliphatic carbocycles. The Morgan fingerprint density at radius 1 is 0.967 bits per heavy atom. The molecule has 0 aliphatic rings. The van der Waals surface area contributed by atoms with Crippen molar-refractivity contribution in [3.8, 4) is 22.8 Å². The van der Waals surface area contributed by atoms with Crippen molar-refractivity contribution in [2.45, 2.75) is 13.8 Å². The molecule has 3 rings (SSSR count). The number of nitrogens with one attached hydrogen (secondary N) is 2. The van der Waals surface area contributed by atoms with Crippen LogP contribution >= 0.6 is 0 Å². The van der Waals surface area contributed by atoms with Crippen molar-refractivity contribution in [1.82, 2.24) is 5.16 Å². The Balaban J connectivity index is 1.77. The second kappa shape index (κ2) is 9.13. The summed E-state index contributed by atoms with van der Waals surface area (Å²) < 4.78 is 15.9. The minimum absolute atomic E-state index is 0.103. The molecular formula is C22H23N3O5. The van der Waals surface area contributed by atoms with E-state index in [9.17, 15) is 9.59 Å². The summed E-state index contributed by atoms with van der Waals surface area (Å²) in [7, 11) is 3.10. The smallest absolute Gasteiger partial charge is 0.277 e. The standard InChI is InChI=1S/C22H23N3O5/c1-13(2)21(26)23-14-6-5-7-15(10-14)24-22(27)18-12-20(30-25-18)17-11-16(28-3)8-9-19(17)29-4/h5-13H,1-4H3,(H,23,26)(H,24,27). The average Bonchev–Trinajstić information content (AvgIpc) is 3.23. The predicted molar refractivity (Wildman–Crippen MR) is 113 cm³/mol. The lowest BCUT2D eigenvalue weighted by Gasteiger charge is -2.09. The number of ether oxygens (including phenoxy) is 2. The molecule has 156 valence electrons. The Hall–Kier alpha value is -3.81. The molecular weight excluding hydrogens is 386 g/mol. The highest BCUT2D eigenvalue weighted by molar-refractivity contribution is 6.04. The Bertz CT molecular complexity index is 1060. The molecule has 1 aromatic heterocycles. The number of anilines is 2. The molecule has 0 aliphatic heterocycles. The Kier molecular flexibility index (Phi) is 6.36. The molecule has 0 spiro atoms. The zero-order valence-electron chi connectivity index (χ0n) is 17.2. The lowest BCUT2D eigenvalue weighted by atomic mass is 10.1. The molecule has 2 amide bonds. The maximum absolute atomic E-state index is 12.6. The summed E-state index contributed by atoms with van der Waals surface area (Å²) in [4.78, 5) is 24.5. The summed E-state index contributed by atoms with van der Waals surface area (Å²) in [5.41, 5.74) is 1.83. The molecule has 3 aromatic rings. The number of methoxy groups -OCH3 is 2. The zero-order chi connectivity index (χ0) is 21.7. The maximum Gasteiger partial charge on any atom is 0.277 e. The highest BCUT2D eigenvalue weighted by Crippen LogP contribution is 2.33. The summed E-state index contributed by atoms with van der Waals surface area (Å²) in [5.74, 6) is 0.853. The number of amides is 2. The molecule has 0 saturated heterocycles. The number of aromatic nitrogens is 1. The van der Waals surface area contributed by atoms with Gasteiger partial charge in [-0.25, -0.2) is 0 Å². The second-order valence-corrected chi connectivity index (χ2v) is 6.82. The van der Waals surface area contributed by atoms with Crippen molar-refractivity contribution in [2.24, 2.45) is 5.92 Å². The van der Waals surface area contributed by atoms with E-state index < -0.39 is 5.91 Å². The molecule has 30 heavy (non-hydrogen) atoms. The van der Waals surface area contributed by atoms with Gasteiger partial charge in [-0.1, -0.05) is 25.1 Å². The van der Waals surface area contributed by atoms with Gasteiger partial charge in [0.2, 0.25) is 5.91 Å². The third kappa shape index (κ3) is 4.78. The van der Waals surface area contributed by atoms with Crippen LogP contribution in [0.2, 0.25) is 0 Å². The van der Waals surface area contributed by atoms with Crippen LogP contribution in [0.4, 0.5) is 11.4 Å². The normalized spacial score (nSPS) is 10.6. The SMILES string of the molecule is COc1ccc(OC)c(-c2cc(C(=O)Nc3cccc(NC(=O)C(C)C)c3)no2)c1. The number of rotatable bonds is 7. The fourth-order valence-electron chi connectivity index (χ4n) is 2.67. The van der Waals surface area contributed by atoms with E-state index in [4.69, 9.17) is 14.0 Å². The Morgan fingerprint density at radius 2 is 1.70 bits per heavy atom. The number of hydrogen-bond acceptors (Lipinski definition) is 6. The van der Waals surface area contributed by atoms with Crippen LogP contribution in [0, 0.1) is 5.92 Å². The van der Waals surface area contributed by atoms with E-state index in [1.807, 2.05) is 0 Å². The van der Waals surface area contributed by atoms with Crippen molar-refractivity contribution >= 4 is 23.2 Å². The van der Waals surface area contributed by atoms with Gasteiger partial charge in [-0.15, -0.1) is 0 Å². The number of carbonyl (C=O) groups excluding carboxylic acids is 2. The van der Waals surface area contributed by atoms with Gasteiger partial charge in [0.05, 0.1) is 19.8 Å². The van der Waals surface area contributed by atoms with Gasteiger partial charge in [0.1, 0.15) is 11.5 Å². The summed E-state index contributed by atoms with van der Waals surface area (Å²) in [6.07, 6.45) is 0. The lowest BCUT2D eigenvalue weighted by molar-refractivity contribution is -0.118. The molecule has 0 fully saturated rings. The van der Waals surface area contributed by atoms with Crippen LogP contribution in [-0.4, -0.2) is 31.2 Å². The molecule has 0 saturated carbocycles. The molecule has 0 unspecified atom stereocenters. The highest BCUT2D eigenvalue weighted by Gasteiger charge is 2.18. The van der Waals surface area contributed by atoms with E-state index in [-0.39, 0.29) is 17.5 Å².